The normalized spacial score (nSPS) is 27.0. The first kappa shape index (κ1) is 13.9. The fourth-order valence-electron chi connectivity index (χ4n) is 2.43. The van der Waals surface area contributed by atoms with Crippen LogP contribution in [0.15, 0.2) is 11.1 Å². The van der Waals surface area contributed by atoms with E-state index < -0.39 is 5.60 Å². The molecule has 1 aliphatic carbocycles. The van der Waals surface area contributed by atoms with Gasteiger partial charge in [0.1, 0.15) is 0 Å². The molecular weight excluding hydrogens is 246 g/mol. The summed E-state index contributed by atoms with van der Waals surface area (Å²) in [5.74, 6) is 1.20. The third-order valence-electron chi connectivity index (χ3n) is 3.80. The number of methoxy groups -OCH3 is 1. The molecule has 2 rings (SSSR count). The first-order valence-electron chi connectivity index (χ1n) is 6.62. The smallest absolute Gasteiger partial charge is 0.295 e. The number of H-pyrrole nitrogens is 1. The van der Waals surface area contributed by atoms with Crippen molar-refractivity contribution in [3.63, 3.8) is 0 Å². The van der Waals surface area contributed by atoms with E-state index in [4.69, 9.17) is 4.74 Å². The highest BCUT2D eigenvalue weighted by molar-refractivity contribution is 5.48. The Morgan fingerprint density at radius 1 is 1.58 bits per heavy atom. The lowest BCUT2D eigenvalue weighted by Gasteiger charge is -2.35. The average Bonchev–Trinajstić information content (AvgIpc) is 2.40. The molecule has 0 amide bonds. The summed E-state index contributed by atoms with van der Waals surface area (Å²) in [5, 5.41) is 13.5. The highest BCUT2D eigenvalue weighted by Gasteiger charge is 2.31. The fraction of sp³-hybridized carbons (Fsp3) is 0.692. The summed E-state index contributed by atoms with van der Waals surface area (Å²) in [6, 6.07) is 0. The van der Waals surface area contributed by atoms with Gasteiger partial charge in [-0.2, -0.15) is 0 Å². The van der Waals surface area contributed by atoms with E-state index in [1.807, 2.05) is 0 Å². The largest absolute Gasteiger partial charge is 0.489 e. The van der Waals surface area contributed by atoms with Crippen LogP contribution in [0.3, 0.4) is 0 Å². The van der Waals surface area contributed by atoms with Gasteiger partial charge in [-0.1, -0.05) is 6.92 Å². The van der Waals surface area contributed by atoms with Crippen LogP contribution < -0.4 is 15.6 Å². The van der Waals surface area contributed by atoms with Gasteiger partial charge in [-0.25, -0.2) is 4.98 Å². The SMILES string of the molecule is COc1c(NCC2(O)CCC(C)CC2)nc[nH]c1=O. The Hall–Kier alpha value is -1.56. The summed E-state index contributed by atoms with van der Waals surface area (Å²) in [5.41, 5.74) is -1.05. The Morgan fingerprint density at radius 3 is 2.89 bits per heavy atom. The van der Waals surface area contributed by atoms with Crippen LogP contribution in [-0.4, -0.2) is 34.3 Å². The lowest BCUT2D eigenvalue weighted by atomic mass is 9.79. The van der Waals surface area contributed by atoms with E-state index >= 15 is 0 Å². The summed E-state index contributed by atoms with van der Waals surface area (Å²) in [6.07, 6.45) is 4.91. The second-order valence-corrected chi connectivity index (χ2v) is 5.37. The number of aromatic nitrogens is 2. The molecule has 6 heteroatoms. The zero-order chi connectivity index (χ0) is 13.9. The maximum Gasteiger partial charge on any atom is 0.295 e. The minimum atomic E-state index is -0.720. The molecule has 0 atom stereocenters. The van der Waals surface area contributed by atoms with Gasteiger partial charge in [0, 0.05) is 6.54 Å². The number of rotatable bonds is 4. The van der Waals surface area contributed by atoms with Crippen LogP contribution in [0.5, 0.6) is 5.75 Å². The van der Waals surface area contributed by atoms with Gasteiger partial charge < -0.3 is 20.1 Å². The second kappa shape index (κ2) is 5.61. The number of hydrogen-bond acceptors (Lipinski definition) is 5. The summed E-state index contributed by atoms with van der Waals surface area (Å²) in [7, 11) is 1.43. The molecule has 0 spiro atoms. The first-order chi connectivity index (χ1) is 9.04. The van der Waals surface area contributed by atoms with Crippen LogP contribution in [-0.2, 0) is 0 Å². The summed E-state index contributed by atoms with van der Waals surface area (Å²) < 4.78 is 5.02. The Kier molecular flexibility index (Phi) is 4.09. The van der Waals surface area contributed by atoms with E-state index in [2.05, 4.69) is 22.2 Å². The molecule has 0 aliphatic heterocycles. The minimum Gasteiger partial charge on any atom is -0.489 e. The van der Waals surface area contributed by atoms with E-state index in [0.717, 1.165) is 25.7 Å². The zero-order valence-electron chi connectivity index (χ0n) is 11.4. The average molecular weight is 267 g/mol. The van der Waals surface area contributed by atoms with E-state index in [1.165, 1.54) is 13.4 Å². The highest BCUT2D eigenvalue weighted by atomic mass is 16.5. The Labute approximate surface area is 112 Å². The van der Waals surface area contributed by atoms with Gasteiger partial charge in [0.2, 0.25) is 5.75 Å². The van der Waals surface area contributed by atoms with Gasteiger partial charge in [0.25, 0.3) is 5.56 Å². The van der Waals surface area contributed by atoms with Gasteiger partial charge in [0.15, 0.2) is 5.82 Å². The van der Waals surface area contributed by atoms with Crippen LogP contribution in [0.1, 0.15) is 32.6 Å². The van der Waals surface area contributed by atoms with Crippen molar-refractivity contribution in [2.75, 3.05) is 19.0 Å². The quantitative estimate of drug-likeness (QED) is 0.761. The first-order valence-corrected chi connectivity index (χ1v) is 6.62. The van der Waals surface area contributed by atoms with E-state index in [9.17, 15) is 9.90 Å². The molecule has 3 N–H and O–H groups in total. The zero-order valence-corrected chi connectivity index (χ0v) is 11.4. The molecule has 1 heterocycles. The Balaban J connectivity index is 2.03. The van der Waals surface area contributed by atoms with Gasteiger partial charge in [-0.3, -0.25) is 4.79 Å². The van der Waals surface area contributed by atoms with E-state index in [0.29, 0.717) is 18.3 Å². The topological polar surface area (TPSA) is 87.2 Å². The molecule has 6 nitrogen and oxygen atoms in total. The summed E-state index contributed by atoms with van der Waals surface area (Å²) >= 11 is 0. The van der Waals surface area contributed by atoms with Crippen molar-refractivity contribution in [1.82, 2.24) is 9.97 Å². The summed E-state index contributed by atoms with van der Waals surface area (Å²) in [4.78, 5) is 18.0. The van der Waals surface area contributed by atoms with Crippen LogP contribution in [0, 0.1) is 5.92 Å². The molecule has 1 aromatic rings. The van der Waals surface area contributed by atoms with Crippen molar-refractivity contribution in [1.29, 1.82) is 0 Å². The molecule has 1 aliphatic rings. The number of aliphatic hydroxyl groups is 1. The standard InChI is InChI=1S/C13H21N3O3/c1-9-3-5-13(18,6-4-9)7-14-11-10(19-2)12(17)16-8-15-11/h8-9,18H,3-7H2,1-2H3,(H2,14,15,16,17). The van der Waals surface area contributed by atoms with Crippen molar-refractivity contribution < 1.29 is 9.84 Å². The van der Waals surface area contributed by atoms with Gasteiger partial charge in [-0.15, -0.1) is 0 Å². The van der Waals surface area contributed by atoms with Gasteiger partial charge >= 0.3 is 0 Å². The van der Waals surface area contributed by atoms with E-state index in [1.54, 1.807) is 0 Å². The minimum absolute atomic E-state index is 0.148. The van der Waals surface area contributed by atoms with Crippen molar-refractivity contribution in [3.8, 4) is 5.75 Å². The van der Waals surface area contributed by atoms with Crippen LogP contribution in [0.25, 0.3) is 0 Å². The van der Waals surface area contributed by atoms with Crippen LogP contribution >= 0.6 is 0 Å². The highest BCUT2D eigenvalue weighted by Crippen LogP contribution is 2.32. The number of nitrogens with one attached hydrogen (secondary N) is 2. The Morgan fingerprint density at radius 2 is 2.26 bits per heavy atom. The Bertz CT molecular complexity index is 478. The molecule has 0 bridgehead atoms. The molecule has 0 saturated heterocycles. The number of aromatic amines is 1. The molecule has 106 valence electrons. The van der Waals surface area contributed by atoms with E-state index in [-0.39, 0.29) is 11.3 Å². The number of anilines is 1. The third kappa shape index (κ3) is 3.26. The molecule has 0 unspecified atom stereocenters. The van der Waals surface area contributed by atoms with Gasteiger partial charge in [-0.05, 0) is 31.6 Å². The van der Waals surface area contributed by atoms with Crippen molar-refractivity contribution in [3.05, 3.63) is 16.7 Å². The van der Waals surface area contributed by atoms with Crippen molar-refractivity contribution in [2.24, 2.45) is 5.92 Å². The predicted octanol–water partition coefficient (Wildman–Crippen LogP) is 1.13. The molecule has 1 aromatic heterocycles. The third-order valence-corrected chi connectivity index (χ3v) is 3.80. The maximum absolute atomic E-state index is 11.5. The van der Waals surface area contributed by atoms with Crippen LogP contribution in [0.2, 0.25) is 0 Å². The molecule has 1 fully saturated rings. The lowest BCUT2D eigenvalue weighted by Crippen LogP contribution is -2.40. The predicted molar refractivity (Wildman–Crippen MR) is 72.5 cm³/mol. The monoisotopic (exact) mass is 267 g/mol. The molecule has 1 saturated carbocycles. The molecule has 19 heavy (non-hydrogen) atoms. The second-order valence-electron chi connectivity index (χ2n) is 5.37. The fourth-order valence-corrected chi connectivity index (χ4v) is 2.43. The molecule has 0 aromatic carbocycles. The lowest BCUT2D eigenvalue weighted by molar-refractivity contribution is 0.00491. The van der Waals surface area contributed by atoms with Crippen LogP contribution in [0.4, 0.5) is 5.82 Å². The molecular formula is C13H21N3O3. The van der Waals surface area contributed by atoms with Gasteiger partial charge in [0.05, 0.1) is 19.0 Å². The maximum atomic E-state index is 11.5. The summed E-state index contributed by atoms with van der Waals surface area (Å²) in [6.45, 7) is 2.58. The van der Waals surface area contributed by atoms with Crippen molar-refractivity contribution >= 4 is 5.82 Å². The van der Waals surface area contributed by atoms with Crippen molar-refractivity contribution in [2.45, 2.75) is 38.2 Å². The molecule has 0 radical (unpaired) electrons. The number of hydrogen-bond donors (Lipinski definition) is 3. The number of ether oxygens (including phenoxy) is 1. The number of nitrogens with zero attached hydrogens (tertiary/aromatic N) is 1.